The van der Waals surface area contributed by atoms with Crippen molar-refractivity contribution in [2.45, 2.75) is 19.3 Å². The molecule has 1 aromatic carbocycles. The fraction of sp³-hybridized carbons (Fsp3) is 0.333. The van der Waals surface area contributed by atoms with E-state index in [2.05, 4.69) is 25.6 Å². The van der Waals surface area contributed by atoms with Crippen molar-refractivity contribution in [2.75, 3.05) is 23.3 Å². The zero-order valence-electron chi connectivity index (χ0n) is 12.1. The molecule has 0 aliphatic carbocycles. The van der Waals surface area contributed by atoms with Gasteiger partial charge in [-0.3, -0.25) is 9.89 Å². The summed E-state index contributed by atoms with van der Waals surface area (Å²) in [5.41, 5.74) is 1.98. The van der Waals surface area contributed by atoms with Gasteiger partial charge >= 0.3 is 0 Å². The normalized spacial score (nSPS) is 14.6. The van der Waals surface area contributed by atoms with E-state index in [0.29, 0.717) is 0 Å². The van der Waals surface area contributed by atoms with Gasteiger partial charge < -0.3 is 10.2 Å². The molecule has 2 heterocycles. The molecule has 1 aliphatic rings. The second-order valence-electron chi connectivity index (χ2n) is 5.25. The number of amides is 1. The number of carbonyl (C=O) groups is 1. The maximum Gasteiger partial charge on any atom is 0.273 e. The summed E-state index contributed by atoms with van der Waals surface area (Å²) < 4.78 is 0. The van der Waals surface area contributed by atoms with Gasteiger partial charge in [-0.15, -0.1) is 4.91 Å². The molecule has 0 radical (unpaired) electrons. The second-order valence-corrected chi connectivity index (χ2v) is 5.25. The predicted octanol–water partition coefficient (Wildman–Crippen LogP) is 3.05. The van der Waals surface area contributed by atoms with Crippen LogP contribution in [0.1, 0.15) is 29.8 Å². The first-order chi connectivity index (χ1) is 10.8. The van der Waals surface area contributed by atoms with Crippen LogP contribution in [0, 0.1) is 4.91 Å². The quantitative estimate of drug-likeness (QED) is 0.849. The number of aromatic nitrogens is 2. The minimum Gasteiger partial charge on any atom is -0.370 e. The number of nitrogens with one attached hydrogen (secondary N) is 2. The lowest BCUT2D eigenvalue weighted by Gasteiger charge is -2.30. The summed E-state index contributed by atoms with van der Waals surface area (Å²) in [6.07, 6.45) is 3.58. The van der Waals surface area contributed by atoms with Gasteiger partial charge in [-0.05, 0) is 36.6 Å². The molecular weight excluding hydrogens is 282 g/mol. The number of benzene rings is 1. The van der Waals surface area contributed by atoms with Gasteiger partial charge in [0.1, 0.15) is 5.69 Å². The van der Waals surface area contributed by atoms with Crippen molar-refractivity contribution in [1.82, 2.24) is 10.2 Å². The largest absolute Gasteiger partial charge is 0.370 e. The fourth-order valence-corrected chi connectivity index (χ4v) is 2.65. The van der Waals surface area contributed by atoms with E-state index >= 15 is 0 Å². The van der Waals surface area contributed by atoms with Crippen molar-refractivity contribution in [1.29, 1.82) is 0 Å². The highest BCUT2D eigenvalue weighted by atomic mass is 16.3. The van der Waals surface area contributed by atoms with Gasteiger partial charge in [0.2, 0.25) is 5.82 Å². The average molecular weight is 299 g/mol. The summed E-state index contributed by atoms with van der Waals surface area (Å²) in [5.74, 6) is -0.374. The number of hydrogen-bond acceptors (Lipinski definition) is 5. The number of H-pyrrole nitrogens is 1. The SMILES string of the molecule is O=Nc1cc(C(=O)Nc2ccccc2N2CCCCC2)[nH]n1. The molecule has 2 aromatic rings. The minimum absolute atomic E-state index is 0.0329. The Labute approximate surface area is 127 Å². The number of nitroso groups, excluding NO2 is 1. The minimum atomic E-state index is -0.341. The molecule has 0 unspecified atom stereocenters. The van der Waals surface area contributed by atoms with Crippen molar-refractivity contribution in [3.8, 4) is 0 Å². The third-order valence-electron chi connectivity index (χ3n) is 3.75. The summed E-state index contributed by atoms with van der Waals surface area (Å²) in [6, 6.07) is 9.05. The number of para-hydroxylation sites is 2. The lowest BCUT2D eigenvalue weighted by Crippen LogP contribution is -2.30. The molecule has 1 aromatic heterocycles. The number of piperidine rings is 1. The molecule has 1 aliphatic heterocycles. The maximum absolute atomic E-state index is 12.2. The second kappa shape index (κ2) is 6.38. The van der Waals surface area contributed by atoms with Crippen molar-refractivity contribution < 1.29 is 4.79 Å². The molecule has 1 amide bonds. The number of anilines is 2. The summed E-state index contributed by atoms with van der Waals surface area (Å²) >= 11 is 0. The van der Waals surface area contributed by atoms with E-state index in [0.717, 1.165) is 37.3 Å². The highest BCUT2D eigenvalue weighted by Gasteiger charge is 2.17. The zero-order chi connectivity index (χ0) is 15.4. The first-order valence-corrected chi connectivity index (χ1v) is 7.32. The summed E-state index contributed by atoms with van der Waals surface area (Å²) in [7, 11) is 0. The van der Waals surface area contributed by atoms with Crippen LogP contribution >= 0.6 is 0 Å². The Morgan fingerprint density at radius 1 is 1.23 bits per heavy atom. The van der Waals surface area contributed by atoms with Crippen LogP contribution in [0.5, 0.6) is 0 Å². The van der Waals surface area contributed by atoms with Crippen LogP contribution in [-0.2, 0) is 0 Å². The molecule has 0 atom stereocenters. The standard InChI is InChI=1S/C15H17N5O2/c21-15(12-10-14(19-22)18-17-12)16-11-6-2-3-7-13(11)20-8-4-1-5-9-20/h2-3,6-7,10H,1,4-5,8-9H2,(H,16,21)(H,17,18). The molecule has 1 saturated heterocycles. The van der Waals surface area contributed by atoms with Gasteiger partial charge in [0.15, 0.2) is 0 Å². The van der Waals surface area contributed by atoms with Gasteiger partial charge in [-0.1, -0.05) is 12.1 Å². The average Bonchev–Trinajstić information content (AvgIpc) is 3.05. The fourth-order valence-electron chi connectivity index (χ4n) is 2.65. The van der Waals surface area contributed by atoms with Crippen LogP contribution in [0.3, 0.4) is 0 Å². The molecule has 114 valence electrons. The predicted molar refractivity (Wildman–Crippen MR) is 84.5 cm³/mol. The van der Waals surface area contributed by atoms with Crippen LogP contribution in [0.25, 0.3) is 0 Å². The summed E-state index contributed by atoms with van der Waals surface area (Å²) in [6.45, 7) is 1.99. The van der Waals surface area contributed by atoms with Gasteiger partial charge in [0, 0.05) is 19.2 Å². The Balaban J connectivity index is 1.79. The number of nitrogens with zero attached hydrogens (tertiary/aromatic N) is 3. The van der Waals surface area contributed by atoms with E-state index in [1.54, 1.807) is 0 Å². The van der Waals surface area contributed by atoms with Gasteiger partial charge in [0.05, 0.1) is 11.4 Å². The number of rotatable bonds is 4. The van der Waals surface area contributed by atoms with E-state index in [4.69, 9.17) is 0 Å². The Kier molecular flexibility index (Phi) is 4.13. The Morgan fingerprint density at radius 2 is 2.00 bits per heavy atom. The van der Waals surface area contributed by atoms with Crippen LogP contribution in [0.2, 0.25) is 0 Å². The Hall–Kier alpha value is -2.70. The van der Waals surface area contributed by atoms with Crippen molar-refractivity contribution in [2.24, 2.45) is 5.18 Å². The topological polar surface area (TPSA) is 90.5 Å². The van der Waals surface area contributed by atoms with E-state index in [1.165, 1.54) is 12.5 Å². The number of carbonyl (C=O) groups excluding carboxylic acids is 1. The van der Waals surface area contributed by atoms with Crippen molar-refractivity contribution in [3.63, 3.8) is 0 Å². The molecule has 1 fully saturated rings. The maximum atomic E-state index is 12.2. The zero-order valence-corrected chi connectivity index (χ0v) is 12.1. The Bertz CT molecular complexity index is 676. The highest BCUT2D eigenvalue weighted by molar-refractivity contribution is 6.05. The summed E-state index contributed by atoms with van der Waals surface area (Å²) in [4.78, 5) is 24.9. The highest BCUT2D eigenvalue weighted by Crippen LogP contribution is 2.28. The van der Waals surface area contributed by atoms with Crippen molar-refractivity contribution >= 4 is 23.1 Å². The van der Waals surface area contributed by atoms with E-state index in [9.17, 15) is 9.70 Å². The molecular formula is C15H17N5O2. The molecule has 7 heteroatoms. The molecule has 0 saturated carbocycles. The van der Waals surface area contributed by atoms with Crippen LogP contribution in [-0.4, -0.2) is 29.2 Å². The lowest BCUT2D eigenvalue weighted by molar-refractivity contribution is 0.102. The number of aromatic amines is 1. The first-order valence-electron chi connectivity index (χ1n) is 7.32. The molecule has 3 rings (SSSR count). The van der Waals surface area contributed by atoms with Crippen LogP contribution in [0.4, 0.5) is 17.2 Å². The third kappa shape index (κ3) is 2.98. The molecule has 0 bridgehead atoms. The first kappa shape index (κ1) is 14.2. The van der Waals surface area contributed by atoms with E-state index < -0.39 is 0 Å². The van der Waals surface area contributed by atoms with E-state index in [1.807, 2.05) is 24.3 Å². The van der Waals surface area contributed by atoms with Gasteiger partial charge in [0.25, 0.3) is 5.91 Å². The monoisotopic (exact) mass is 299 g/mol. The summed E-state index contributed by atoms with van der Waals surface area (Å²) in [5, 5.41) is 11.7. The van der Waals surface area contributed by atoms with Gasteiger partial charge in [-0.2, -0.15) is 5.10 Å². The smallest absolute Gasteiger partial charge is 0.273 e. The molecule has 2 N–H and O–H groups in total. The number of hydrogen-bond donors (Lipinski definition) is 2. The molecule has 22 heavy (non-hydrogen) atoms. The lowest BCUT2D eigenvalue weighted by atomic mass is 10.1. The Morgan fingerprint density at radius 3 is 2.73 bits per heavy atom. The van der Waals surface area contributed by atoms with Crippen LogP contribution in [0.15, 0.2) is 35.5 Å². The third-order valence-corrected chi connectivity index (χ3v) is 3.75. The van der Waals surface area contributed by atoms with Crippen molar-refractivity contribution in [3.05, 3.63) is 40.9 Å². The molecule has 0 spiro atoms. The van der Waals surface area contributed by atoms with E-state index in [-0.39, 0.29) is 17.4 Å². The van der Waals surface area contributed by atoms with Gasteiger partial charge in [-0.25, -0.2) is 0 Å². The molecule has 7 nitrogen and oxygen atoms in total. The van der Waals surface area contributed by atoms with Crippen LogP contribution < -0.4 is 10.2 Å².